The highest BCUT2D eigenvalue weighted by Crippen LogP contribution is 2.49. The van der Waals surface area contributed by atoms with E-state index < -0.39 is 11.4 Å². The van der Waals surface area contributed by atoms with E-state index in [1.54, 1.807) is 7.11 Å². The predicted molar refractivity (Wildman–Crippen MR) is 71.3 cm³/mol. The normalized spacial score (nSPS) is 23.1. The molecule has 0 bridgehead atoms. The Kier molecular flexibility index (Phi) is 4.65. The Hall–Kier alpha value is -1.14. The monoisotopic (exact) mass is 285 g/mol. The van der Waals surface area contributed by atoms with Crippen LogP contribution in [0.4, 0.5) is 0 Å². The number of hydrogen-bond donors (Lipinski definition) is 2. The van der Waals surface area contributed by atoms with Crippen LogP contribution in [0.5, 0.6) is 0 Å². The van der Waals surface area contributed by atoms with Crippen molar-refractivity contribution in [1.82, 2.24) is 5.32 Å². The summed E-state index contributed by atoms with van der Waals surface area (Å²) >= 11 is 0. The molecule has 0 spiro atoms. The van der Waals surface area contributed by atoms with Crippen molar-refractivity contribution in [2.45, 2.75) is 32.1 Å². The second-order valence-electron chi connectivity index (χ2n) is 5.90. The third kappa shape index (κ3) is 3.12. The molecule has 1 amide bonds. The zero-order valence-corrected chi connectivity index (χ0v) is 11.9. The molecule has 0 radical (unpaired) electrons. The Balaban J connectivity index is 1.89. The molecule has 114 valence electrons. The molecule has 20 heavy (non-hydrogen) atoms. The SMILES string of the molecule is COCCC1(C(=O)NCC2(C(=O)O)CCOCC2)CC1. The Bertz CT molecular complexity index is 372. The van der Waals surface area contributed by atoms with Crippen molar-refractivity contribution in [1.29, 1.82) is 0 Å². The van der Waals surface area contributed by atoms with Crippen molar-refractivity contribution in [2.24, 2.45) is 10.8 Å². The lowest BCUT2D eigenvalue weighted by Crippen LogP contribution is -2.48. The topological polar surface area (TPSA) is 84.9 Å². The van der Waals surface area contributed by atoms with Gasteiger partial charge in [0.25, 0.3) is 0 Å². The largest absolute Gasteiger partial charge is 0.481 e. The van der Waals surface area contributed by atoms with Crippen LogP contribution in [-0.2, 0) is 19.1 Å². The van der Waals surface area contributed by atoms with Crippen LogP contribution in [0.2, 0.25) is 0 Å². The van der Waals surface area contributed by atoms with Crippen LogP contribution < -0.4 is 5.32 Å². The van der Waals surface area contributed by atoms with Gasteiger partial charge in [-0.25, -0.2) is 0 Å². The van der Waals surface area contributed by atoms with E-state index in [0.29, 0.717) is 39.1 Å². The molecule has 2 N–H and O–H groups in total. The van der Waals surface area contributed by atoms with E-state index in [0.717, 1.165) is 12.8 Å². The number of ether oxygens (including phenoxy) is 2. The summed E-state index contributed by atoms with van der Waals surface area (Å²) < 4.78 is 10.3. The van der Waals surface area contributed by atoms with Crippen molar-refractivity contribution in [3.05, 3.63) is 0 Å². The highest BCUT2D eigenvalue weighted by atomic mass is 16.5. The van der Waals surface area contributed by atoms with Gasteiger partial charge in [0.15, 0.2) is 0 Å². The second kappa shape index (κ2) is 6.10. The molecule has 1 aliphatic heterocycles. The van der Waals surface area contributed by atoms with Crippen LogP contribution in [0.3, 0.4) is 0 Å². The van der Waals surface area contributed by atoms with E-state index in [-0.39, 0.29) is 17.9 Å². The van der Waals surface area contributed by atoms with Crippen molar-refractivity contribution < 1.29 is 24.2 Å². The zero-order valence-electron chi connectivity index (χ0n) is 11.9. The minimum atomic E-state index is -0.870. The van der Waals surface area contributed by atoms with Gasteiger partial charge in [-0.2, -0.15) is 0 Å². The first kappa shape index (κ1) is 15.3. The molecule has 1 saturated carbocycles. The van der Waals surface area contributed by atoms with Crippen LogP contribution in [0.15, 0.2) is 0 Å². The number of carboxylic acids is 1. The number of carbonyl (C=O) groups excluding carboxylic acids is 1. The lowest BCUT2D eigenvalue weighted by atomic mass is 9.80. The molecule has 2 aliphatic rings. The van der Waals surface area contributed by atoms with E-state index in [9.17, 15) is 14.7 Å². The number of carbonyl (C=O) groups is 2. The van der Waals surface area contributed by atoms with E-state index in [1.165, 1.54) is 0 Å². The van der Waals surface area contributed by atoms with Gasteiger partial charge in [0.1, 0.15) is 0 Å². The summed E-state index contributed by atoms with van der Waals surface area (Å²) in [6.07, 6.45) is 3.34. The molecule has 6 nitrogen and oxygen atoms in total. The number of rotatable bonds is 7. The minimum Gasteiger partial charge on any atom is -0.481 e. The molecule has 1 heterocycles. The third-order valence-corrected chi connectivity index (χ3v) is 4.61. The van der Waals surface area contributed by atoms with E-state index in [1.807, 2.05) is 0 Å². The first-order valence-electron chi connectivity index (χ1n) is 7.13. The molecular formula is C14H23NO5. The molecule has 0 aromatic rings. The molecule has 1 saturated heterocycles. The van der Waals surface area contributed by atoms with Crippen molar-refractivity contribution in [3.8, 4) is 0 Å². The molecule has 2 fully saturated rings. The van der Waals surface area contributed by atoms with Crippen LogP contribution >= 0.6 is 0 Å². The Labute approximate surface area is 118 Å². The number of methoxy groups -OCH3 is 1. The second-order valence-corrected chi connectivity index (χ2v) is 5.90. The lowest BCUT2D eigenvalue weighted by Gasteiger charge is -2.33. The first-order valence-corrected chi connectivity index (χ1v) is 7.13. The molecule has 0 unspecified atom stereocenters. The standard InChI is InChI=1S/C14H23NO5/c1-19-7-4-13(2-3-13)11(16)15-10-14(12(17)18)5-8-20-9-6-14/h2-10H2,1H3,(H,15,16)(H,17,18). The fraction of sp³-hybridized carbons (Fsp3) is 0.857. The molecular weight excluding hydrogens is 262 g/mol. The number of nitrogens with one attached hydrogen (secondary N) is 1. The van der Waals surface area contributed by atoms with Gasteiger partial charge in [0.2, 0.25) is 5.91 Å². The van der Waals surface area contributed by atoms with Gasteiger partial charge < -0.3 is 19.9 Å². The van der Waals surface area contributed by atoms with E-state index in [4.69, 9.17) is 9.47 Å². The zero-order chi connectivity index (χ0) is 14.6. The van der Waals surface area contributed by atoms with Crippen molar-refractivity contribution >= 4 is 11.9 Å². The maximum Gasteiger partial charge on any atom is 0.311 e. The molecule has 0 atom stereocenters. The summed E-state index contributed by atoms with van der Waals surface area (Å²) in [4.78, 5) is 23.7. The number of hydrogen-bond acceptors (Lipinski definition) is 4. The number of carboxylic acid groups (broad SMARTS) is 1. The summed E-state index contributed by atoms with van der Waals surface area (Å²) in [6, 6.07) is 0. The Morgan fingerprint density at radius 2 is 1.85 bits per heavy atom. The van der Waals surface area contributed by atoms with Crippen molar-refractivity contribution in [2.75, 3.05) is 33.5 Å². The molecule has 2 rings (SSSR count). The maximum atomic E-state index is 12.2. The van der Waals surface area contributed by atoms with Crippen LogP contribution in [0.1, 0.15) is 32.1 Å². The Morgan fingerprint density at radius 3 is 2.35 bits per heavy atom. The lowest BCUT2D eigenvalue weighted by molar-refractivity contribution is -0.155. The van der Waals surface area contributed by atoms with Gasteiger partial charge in [0, 0.05) is 33.5 Å². The average molecular weight is 285 g/mol. The molecule has 1 aliphatic carbocycles. The number of aliphatic carboxylic acids is 1. The molecule has 6 heteroatoms. The summed E-state index contributed by atoms with van der Waals surface area (Å²) in [5, 5.41) is 12.3. The molecule has 0 aromatic carbocycles. The van der Waals surface area contributed by atoms with Gasteiger partial charge in [-0.3, -0.25) is 9.59 Å². The van der Waals surface area contributed by atoms with Gasteiger partial charge in [0.05, 0.1) is 10.8 Å². The minimum absolute atomic E-state index is 0.0262. The van der Waals surface area contributed by atoms with Gasteiger partial charge >= 0.3 is 5.97 Å². The quantitative estimate of drug-likeness (QED) is 0.723. The molecule has 0 aromatic heterocycles. The number of amides is 1. The van der Waals surface area contributed by atoms with Crippen LogP contribution in [0.25, 0.3) is 0 Å². The first-order chi connectivity index (χ1) is 9.55. The average Bonchev–Trinajstić information content (AvgIpc) is 3.24. The summed E-state index contributed by atoms with van der Waals surface area (Å²) in [5.74, 6) is -0.871. The fourth-order valence-electron chi connectivity index (χ4n) is 2.70. The van der Waals surface area contributed by atoms with Crippen LogP contribution in [0, 0.1) is 10.8 Å². The summed E-state index contributed by atoms with van der Waals surface area (Å²) in [7, 11) is 1.62. The van der Waals surface area contributed by atoms with Crippen LogP contribution in [-0.4, -0.2) is 50.5 Å². The third-order valence-electron chi connectivity index (χ3n) is 4.61. The summed E-state index contributed by atoms with van der Waals surface area (Å²) in [5.41, 5.74) is -1.19. The van der Waals surface area contributed by atoms with E-state index in [2.05, 4.69) is 5.32 Å². The Morgan fingerprint density at radius 1 is 1.20 bits per heavy atom. The van der Waals surface area contributed by atoms with E-state index >= 15 is 0 Å². The fourth-order valence-corrected chi connectivity index (χ4v) is 2.70. The van der Waals surface area contributed by atoms with Crippen molar-refractivity contribution in [3.63, 3.8) is 0 Å². The maximum absolute atomic E-state index is 12.2. The smallest absolute Gasteiger partial charge is 0.311 e. The predicted octanol–water partition coefficient (Wildman–Crippen LogP) is 0.801. The highest BCUT2D eigenvalue weighted by molar-refractivity contribution is 5.86. The van der Waals surface area contributed by atoms with Gasteiger partial charge in [-0.1, -0.05) is 0 Å². The van der Waals surface area contributed by atoms with Gasteiger partial charge in [-0.15, -0.1) is 0 Å². The van der Waals surface area contributed by atoms with Gasteiger partial charge in [-0.05, 0) is 32.1 Å². The highest BCUT2D eigenvalue weighted by Gasteiger charge is 2.50. The summed E-state index contributed by atoms with van der Waals surface area (Å²) in [6.45, 7) is 1.64.